The van der Waals surface area contributed by atoms with Crippen LogP contribution in [0.5, 0.6) is 5.88 Å². The van der Waals surface area contributed by atoms with E-state index in [4.69, 9.17) is 9.72 Å². The number of nitrogens with zero attached hydrogens (tertiary/aromatic N) is 8. The highest BCUT2D eigenvalue weighted by molar-refractivity contribution is 6.06. The summed E-state index contributed by atoms with van der Waals surface area (Å²) in [6.45, 7) is 7.66. The van der Waals surface area contributed by atoms with Crippen molar-refractivity contribution in [3.8, 4) is 17.1 Å². The number of aromatic nitrogens is 7. The summed E-state index contributed by atoms with van der Waals surface area (Å²) in [5, 5.41) is 11.7. The normalized spacial score (nSPS) is 16.9. The third-order valence-corrected chi connectivity index (χ3v) is 8.46. The van der Waals surface area contributed by atoms with Crippen LogP contribution < -0.4 is 20.3 Å². The molecule has 0 unspecified atom stereocenters. The highest BCUT2D eigenvalue weighted by Gasteiger charge is 2.27. The molecule has 1 aromatic carbocycles. The van der Waals surface area contributed by atoms with Crippen molar-refractivity contribution in [2.24, 2.45) is 7.05 Å². The molecule has 0 bridgehead atoms. The van der Waals surface area contributed by atoms with Crippen LogP contribution in [0.15, 0.2) is 48.9 Å². The molecule has 232 valence electrons. The lowest BCUT2D eigenvalue weighted by molar-refractivity contribution is -0.117. The van der Waals surface area contributed by atoms with E-state index in [0.29, 0.717) is 24.2 Å². The summed E-state index contributed by atoms with van der Waals surface area (Å²) in [6, 6.07) is 9.63. The maximum atomic E-state index is 13.2. The zero-order valence-electron chi connectivity index (χ0n) is 25.7. The van der Waals surface area contributed by atoms with Gasteiger partial charge in [0.2, 0.25) is 23.7 Å². The summed E-state index contributed by atoms with van der Waals surface area (Å²) in [5.41, 5.74) is 5.26. The fourth-order valence-electron chi connectivity index (χ4n) is 6.03. The molecule has 0 aliphatic carbocycles. The van der Waals surface area contributed by atoms with E-state index in [-0.39, 0.29) is 18.6 Å². The van der Waals surface area contributed by atoms with Crippen LogP contribution in [0.2, 0.25) is 0 Å². The first-order chi connectivity index (χ1) is 21.9. The second-order valence-electron chi connectivity index (χ2n) is 11.8. The average molecular weight is 608 g/mol. The van der Waals surface area contributed by atoms with Crippen LogP contribution in [0.1, 0.15) is 30.5 Å². The van der Waals surface area contributed by atoms with Gasteiger partial charge >= 0.3 is 0 Å². The minimum atomic E-state index is -0.0759. The van der Waals surface area contributed by atoms with Crippen molar-refractivity contribution in [2.75, 3.05) is 48.3 Å². The largest absolute Gasteiger partial charge is 0.473 e. The number of hydrogen-bond acceptors (Lipinski definition) is 10. The predicted molar refractivity (Wildman–Crippen MR) is 173 cm³/mol. The maximum absolute atomic E-state index is 13.2. The molecular weight excluding hydrogens is 570 g/mol. The summed E-state index contributed by atoms with van der Waals surface area (Å²) in [7, 11) is 1.90. The second kappa shape index (κ2) is 12.2. The summed E-state index contributed by atoms with van der Waals surface area (Å²) < 4.78 is 7.99. The Hall–Kier alpha value is -5.04. The van der Waals surface area contributed by atoms with E-state index < -0.39 is 0 Å². The molecular formula is C32H37N11O2. The van der Waals surface area contributed by atoms with E-state index in [0.717, 1.165) is 71.1 Å². The number of fused-ring (bicyclic) bond motifs is 1. The summed E-state index contributed by atoms with van der Waals surface area (Å²) in [4.78, 5) is 39.1. The van der Waals surface area contributed by atoms with Crippen LogP contribution in [0.25, 0.3) is 22.2 Å². The zero-order valence-corrected chi connectivity index (χ0v) is 25.7. The fourth-order valence-corrected chi connectivity index (χ4v) is 6.03. The number of nitrogens with one attached hydrogen (secondary N) is 3. The smallest absolute Gasteiger partial charge is 0.238 e. The van der Waals surface area contributed by atoms with E-state index in [1.54, 1.807) is 17.1 Å². The van der Waals surface area contributed by atoms with E-state index in [1.165, 1.54) is 12.8 Å². The number of aryl methyl sites for hydroxylation is 3. The molecule has 0 saturated carbocycles. The van der Waals surface area contributed by atoms with Gasteiger partial charge in [0.15, 0.2) is 5.82 Å². The molecule has 13 nitrogen and oxygen atoms in total. The number of benzene rings is 1. The Morgan fingerprint density at radius 3 is 2.80 bits per heavy atom. The Bertz CT molecular complexity index is 1820. The number of aromatic amines is 1. The third-order valence-electron chi connectivity index (χ3n) is 8.46. The fraction of sp³-hybridized carbons (Fsp3) is 0.375. The number of rotatable bonds is 9. The number of carbonyl (C=O) groups excluding carboxylic acids is 1. The molecule has 0 spiro atoms. The first-order valence-electron chi connectivity index (χ1n) is 15.4. The summed E-state index contributed by atoms with van der Waals surface area (Å²) >= 11 is 0. The van der Waals surface area contributed by atoms with Gasteiger partial charge in [-0.2, -0.15) is 10.1 Å². The quantitative estimate of drug-likeness (QED) is 0.223. The van der Waals surface area contributed by atoms with Crippen molar-refractivity contribution in [2.45, 2.75) is 39.2 Å². The Balaban J connectivity index is 1.000. The summed E-state index contributed by atoms with van der Waals surface area (Å²) in [6.07, 6.45) is 8.63. The number of anilines is 4. The number of hydrogen-bond donors (Lipinski definition) is 3. The molecule has 2 fully saturated rings. The van der Waals surface area contributed by atoms with Crippen molar-refractivity contribution in [3.05, 3.63) is 60.2 Å². The van der Waals surface area contributed by atoms with Gasteiger partial charge in [0.1, 0.15) is 6.10 Å². The van der Waals surface area contributed by atoms with Gasteiger partial charge in [-0.15, -0.1) is 0 Å². The van der Waals surface area contributed by atoms with Gasteiger partial charge < -0.3 is 25.3 Å². The number of carbonyl (C=O) groups is 1. The van der Waals surface area contributed by atoms with Gasteiger partial charge in [-0.3, -0.25) is 14.4 Å². The molecule has 5 aromatic rings. The predicted octanol–water partition coefficient (Wildman–Crippen LogP) is 4.20. The molecule has 3 N–H and O–H groups in total. The maximum Gasteiger partial charge on any atom is 0.238 e. The molecule has 13 heteroatoms. The van der Waals surface area contributed by atoms with E-state index >= 15 is 0 Å². The molecule has 6 heterocycles. The van der Waals surface area contributed by atoms with Gasteiger partial charge in [-0.05, 0) is 44.7 Å². The van der Waals surface area contributed by atoms with Crippen LogP contribution in [-0.4, -0.2) is 84.3 Å². The Morgan fingerprint density at radius 1 is 1.11 bits per heavy atom. The number of amides is 1. The molecule has 45 heavy (non-hydrogen) atoms. The van der Waals surface area contributed by atoms with E-state index in [9.17, 15) is 4.79 Å². The number of likely N-dealkylation sites (tertiary alicyclic amines) is 1. The minimum absolute atomic E-state index is 0.0225. The third kappa shape index (κ3) is 6.16. The first kappa shape index (κ1) is 28.7. The van der Waals surface area contributed by atoms with Crippen LogP contribution in [0.4, 0.5) is 23.4 Å². The first-order valence-corrected chi connectivity index (χ1v) is 15.4. The molecule has 7 rings (SSSR count). The van der Waals surface area contributed by atoms with Crippen LogP contribution >= 0.6 is 0 Å². The monoisotopic (exact) mass is 607 g/mol. The van der Waals surface area contributed by atoms with Crippen LogP contribution in [0, 0.1) is 13.8 Å². The van der Waals surface area contributed by atoms with Gasteiger partial charge in [-0.1, -0.05) is 12.1 Å². The van der Waals surface area contributed by atoms with Crippen molar-refractivity contribution in [1.82, 2.24) is 39.6 Å². The molecule has 1 atom stereocenters. The van der Waals surface area contributed by atoms with Gasteiger partial charge in [0, 0.05) is 80.6 Å². The van der Waals surface area contributed by atoms with Crippen molar-refractivity contribution in [1.29, 1.82) is 0 Å². The lowest BCUT2D eigenvalue weighted by Crippen LogP contribution is -2.33. The number of para-hydroxylation sites is 1. The van der Waals surface area contributed by atoms with Crippen molar-refractivity contribution in [3.63, 3.8) is 0 Å². The molecule has 4 aromatic heterocycles. The topological polar surface area (TPSA) is 142 Å². The molecule has 2 aliphatic heterocycles. The average Bonchev–Trinajstić information content (AvgIpc) is 3.84. The highest BCUT2D eigenvalue weighted by atomic mass is 16.5. The highest BCUT2D eigenvalue weighted by Crippen LogP contribution is 2.33. The molecule has 2 aliphatic rings. The van der Waals surface area contributed by atoms with Gasteiger partial charge in [-0.25, -0.2) is 15.0 Å². The van der Waals surface area contributed by atoms with Crippen LogP contribution in [0.3, 0.4) is 0 Å². The summed E-state index contributed by atoms with van der Waals surface area (Å²) in [5.74, 6) is 2.39. The molecule has 1 amide bonds. The Labute approximate surface area is 261 Å². The standard InChI is InChI=1S/C32H37N11O2/c1-20-16-35-31(37-26-15-21(2)41(3)40-26)39-29(20)24-17-34-30-23(24)7-6-8-25(30)36-27(44)19-42-14-10-22(18-42)45-28-9-11-33-32(38-28)43-12-4-5-13-43/h6-9,11,15-17,22,34H,4-5,10,12-14,18-19H2,1-3H3,(H,36,44)(H,35,37,39,40)/t22-/m0/s1. The molecule has 2 saturated heterocycles. The van der Waals surface area contributed by atoms with E-state index in [1.807, 2.05) is 57.4 Å². The Morgan fingerprint density at radius 2 is 1.98 bits per heavy atom. The molecule has 0 radical (unpaired) electrons. The zero-order chi connectivity index (χ0) is 30.9. The lowest BCUT2D eigenvalue weighted by atomic mass is 10.1. The van der Waals surface area contributed by atoms with Crippen molar-refractivity contribution >= 4 is 40.2 Å². The van der Waals surface area contributed by atoms with Crippen LogP contribution in [-0.2, 0) is 11.8 Å². The number of H-pyrrole nitrogens is 1. The minimum Gasteiger partial charge on any atom is -0.473 e. The van der Waals surface area contributed by atoms with E-state index in [2.05, 4.69) is 45.5 Å². The SMILES string of the molecule is Cc1cnc(Nc2cc(C)n(C)n2)nc1-c1c[nH]c2c(NC(=O)CN3CC[C@H](Oc4ccnc(N5CCCC5)n4)C3)cccc12. The number of ether oxygens (including phenoxy) is 1. The Kier molecular flexibility index (Phi) is 7.76. The lowest BCUT2D eigenvalue weighted by Gasteiger charge is -2.18. The second-order valence-corrected chi connectivity index (χ2v) is 11.8. The van der Waals surface area contributed by atoms with Crippen molar-refractivity contribution < 1.29 is 9.53 Å². The van der Waals surface area contributed by atoms with Gasteiger partial charge in [0.05, 0.1) is 23.4 Å². The van der Waals surface area contributed by atoms with Gasteiger partial charge in [0.25, 0.3) is 0 Å².